The van der Waals surface area contributed by atoms with Crippen molar-refractivity contribution in [3.05, 3.63) is 41.0 Å². The molecule has 1 nitrogen and oxygen atoms in total. The number of nitrogens with zero attached hydrogens (tertiary/aromatic N) is 1. The van der Waals surface area contributed by atoms with Gasteiger partial charge in [-0.1, -0.05) is 53.6 Å². The van der Waals surface area contributed by atoms with Crippen LogP contribution >= 0.6 is 15.9 Å². The zero-order chi connectivity index (χ0) is 11.3. The summed E-state index contributed by atoms with van der Waals surface area (Å²) in [6.07, 6.45) is 2.14. The summed E-state index contributed by atoms with van der Waals surface area (Å²) in [4.78, 5) is 0. The molecule has 0 aromatic heterocycles. The molecule has 0 bridgehead atoms. The molecule has 15 heavy (non-hydrogen) atoms. The highest BCUT2D eigenvalue weighted by molar-refractivity contribution is 9.09. The van der Waals surface area contributed by atoms with Gasteiger partial charge in [0.2, 0.25) is 0 Å². The van der Waals surface area contributed by atoms with Crippen molar-refractivity contribution in [2.45, 2.75) is 13.8 Å². The van der Waals surface area contributed by atoms with Crippen LogP contribution in [0.4, 0.5) is 0 Å². The Labute approximate surface area is 99.6 Å². The minimum absolute atomic E-state index is 0.523. The van der Waals surface area contributed by atoms with Gasteiger partial charge in [-0.25, -0.2) is 0 Å². The summed E-state index contributed by atoms with van der Waals surface area (Å²) in [7, 11) is 0. The maximum atomic E-state index is 8.78. The normalized spacial score (nSPS) is 11.5. The van der Waals surface area contributed by atoms with Gasteiger partial charge < -0.3 is 0 Å². The monoisotopic (exact) mass is 263 g/mol. The van der Waals surface area contributed by atoms with Gasteiger partial charge >= 0.3 is 0 Å². The predicted molar refractivity (Wildman–Crippen MR) is 67.8 cm³/mol. The summed E-state index contributed by atoms with van der Waals surface area (Å²) >= 11 is 3.48. The van der Waals surface area contributed by atoms with Crippen LogP contribution < -0.4 is 0 Å². The maximum absolute atomic E-state index is 8.78. The number of allylic oxidation sites excluding steroid dienone is 1. The molecule has 78 valence electrons. The Hall–Kier alpha value is -1.07. The minimum atomic E-state index is 0.523. The Kier molecular flexibility index (Phi) is 4.58. The van der Waals surface area contributed by atoms with Gasteiger partial charge in [0.25, 0.3) is 0 Å². The highest BCUT2D eigenvalue weighted by Gasteiger charge is 2.01. The summed E-state index contributed by atoms with van der Waals surface area (Å²) in [6, 6.07) is 9.81. The van der Waals surface area contributed by atoms with Crippen molar-refractivity contribution in [2.75, 3.05) is 5.33 Å². The zero-order valence-electron chi connectivity index (χ0n) is 9.00. The molecule has 0 aliphatic heterocycles. The lowest BCUT2D eigenvalue weighted by Crippen LogP contribution is -1.94. The van der Waals surface area contributed by atoms with E-state index in [0.29, 0.717) is 11.5 Å². The first-order valence-electron chi connectivity index (χ1n) is 4.94. The molecule has 2 heteroatoms. The summed E-state index contributed by atoms with van der Waals surface area (Å²) < 4.78 is 0. The van der Waals surface area contributed by atoms with E-state index < -0.39 is 0 Å². The van der Waals surface area contributed by atoms with Crippen molar-refractivity contribution in [2.24, 2.45) is 5.92 Å². The lowest BCUT2D eigenvalue weighted by Gasteiger charge is -2.07. The second kappa shape index (κ2) is 5.72. The van der Waals surface area contributed by atoms with Crippen LogP contribution in [0.25, 0.3) is 6.08 Å². The lowest BCUT2D eigenvalue weighted by molar-refractivity contribution is 0.781. The van der Waals surface area contributed by atoms with Crippen molar-refractivity contribution in [1.82, 2.24) is 0 Å². The van der Waals surface area contributed by atoms with E-state index in [1.165, 1.54) is 5.57 Å². The third kappa shape index (κ3) is 3.53. The number of nitriles is 1. The molecular formula is C13H14BrN. The number of rotatable bonds is 3. The fourth-order valence-corrected chi connectivity index (χ4v) is 2.08. The summed E-state index contributed by atoms with van der Waals surface area (Å²) in [5, 5.41) is 9.66. The molecule has 0 spiro atoms. The molecule has 0 N–H and O–H groups in total. The highest BCUT2D eigenvalue weighted by atomic mass is 79.9. The number of benzene rings is 1. The molecule has 0 radical (unpaired) electrons. The van der Waals surface area contributed by atoms with Crippen LogP contribution in [0.5, 0.6) is 0 Å². The molecule has 0 amide bonds. The number of halogens is 1. The molecular weight excluding hydrogens is 250 g/mol. The van der Waals surface area contributed by atoms with E-state index >= 15 is 0 Å². The van der Waals surface area contributed by atoms with Crippen molar-refractivity contribution >= 4 is 22.0 Å². The van der Waals surface area contributed by atoms with Crippen LogP contribution in [0.2, 0.25) is 0 Å². The fourth-order valence-electron chi connectivity index (χ4n) is 1.27. The Balaban J connectivity index is 3.02. The molecule has 0 unspecified atom stereocenters. The average Bonchev–Trinajstić information content (AvgIpc) is 2.25. The van der Waals surface area contributed by atoms with Crippen molar-refractivity contribution in [1.29, 1.82) is 5.26 Å². The van der Waals surface area contributed by atoms with Gasteiger partial charge in [-0.2, -0.15) is 5.26 Å². The van der Waals surface area contributed by atoms with Gasteiger partial charge in [0.1, 0.15) is 0 Å². The van der Waals surface area contributed by atoms with Crippen molar-refractivity contribution in [3.8, 4) is 6.07 Å². The number of hydrogen-bond acceptors (Lipinski definition) is 1. The van der Waals surface area contributed by atoms with Gasteiger partial charge in [0, 0.05) is 5.33 Å². The molecule has 0 saturated heterocycles. The van der Waals surface area contributed by atoms with E-state index in [2.05, 4.69) is 41.9 Å². The molecule has 1 aromatic rings. The summed E-state index contributed by atoms with van der Waals surface area (Å²) in [5.41, 5.74) is 3.14. The third-order valence-electron chi connectivity index (χ3n) is 2.26. The van der Waals surface area contributed by atoms with Crippen LogP contribution in [-0.2, 0) is 0 Å². The van der Waals surface area contributed by atoms with Crippen molar-refractivity contribution < 1.29 is 0 Å². The van der Waals surface area contributed by atoms with Gasteiger partial charge in [0.15, 0.2) is 0 Å². The Morgan fingerprint density at radius 1 is 1.53 bits per heavy atom. The first kappa shape index (κ1) is 12.0. The molecule has 0 atom stereocenters. The lowest BCUT2D eigenvalue weighted by atomic mass is 10.0. The van der Waals surface area contributed by atoms with Crippen LogP contribution in [0.3, 0.4) is 0 Å². The fraction of sp³-hybridized carbons (Fsp3) is 0.308. The molecule has 0 saturated carbocycles. The number of alkyl halides is 1. The van der Waals surface area contributed by atoms with Crippen LogP contribution in [0, 0.1) is 17.2 Å². The topological polar surface area (TPSA) is 23.8 Å². The minimum Gasteiger partial charge on any atom is -0.192 e. The second-order valence-corrected chi connectivity index (χ2v) is 4.31. The summed E-state index contributed by atoms with van der Waals surface area (Å²) in [5.74, 6) is 0.523. The Morgan fingerprint density at radius 2 is 2.27 bits per heavy atom. The Morgan fingerprint density at radius 3 is 2.80 bits per heavy atom. The van der Waals surface area contributed by atoms with E-state index in [1.807, 2.05) is 24.3 Å². The van der Waals surface area contributed by atoms with Gasteiger partial charge in [-0.15, -0.1) is 0 Å². The standard InChI is InChI=1S/C13H14BrN/c1-10(2)13(8-14)7-11-4-3-5-12(6-11)9-15/h3-7,10H,8H2,1-2H3. The summed E-state index contributed by atoms with van der Waals surface area (Å²) in [6.45, 7) is 4.34. The predicted octanol–water partition coefficient (Wildman–Crippen LogP) is 3.99. The maximum Gasteiger partial charge on any atom is 0.0991 e. The van der Waals surface area contributed by atoms with E-state index in [1.54, 1.807) is 0 Å². The quantitative estimate of drug-likeness (QED) is 0.757. The van der Waals surface area contributed by atoms with E-state index in [-0.39, 0.29) is 0 Å². The van der Waals surface area contributed by atoms with Gasteiger partial charge in [-0.3, -0.25) is 0 Å². The van der Waals surface area contributed by atoms with Crippen molar-refractivity contribution in [3.63, 3.8) is 0 Å². The van der Waals surface area contributed by atoms with E-state index in [9.17, 15) is 0 Å². The zero-order valence-corrected chi connectivity index (χ0v) is 10.6. The molecule has 0 aliphatic carbocycles. The molecule has 0 fully saturated rings. The first-order valence-corrected chi connectivity index (χ1v) is 6.06. The van der Waals surface area contributed by atoms with E-state index in [4.69, 9.17) is 5.26 Å². The molecule has 1 rings (SSSR count). The number of hydrogen-bond donors (Lipinski definition) is 0. The average molecular weight is 264 g/mol. The molecule has 1 aromatic carbocycles. The molecule has 0 heterocycles. The van der Waals surface area contributed by atoms with Gasteiger partial charge in [0.05, 0.1) is 11.6 Å². The van der Waals surface area contributed by atoms with Crippen LogP contribution in [0.1, 0.15) is 25.0 Å². The molecule has 0 aliphatic rings. The van der Waals surface area contributed by atoms with Crippen LogP contribution in [0.15, 0.2) is 29.8 Å². The smallest absolute Gasteiger partial charge is 0.0991 e. The van der Waals surface area contributed by atoms with Crippen LogP contribution in [-0.4, -0.2) is 5.33 Å². The van der Waals surface area contributed by atoms with Gasteiger partial charge in [-0.05, 0) is 23.6 Å². The first-order chi connectivity index (χ1) is 7.17. The third-order valence-corrected chi connectivity index (χ3v) is 2.91. The van der Waals surface area contributed by atoms with E-state index in [0.717, 1.165) is 10.9 Å². The highest BCUT2D eigenvalue weighted by Crippen LogP contribution is 2.17. The Bertz CT molecular complexity index is 399. The largest absolute Gasteiger partial charge is 0.192 e. The SMILES string of the molecule is CC(C)C(=Cc1cccc(C#N)c1)CBr. The second-order valence-electron chi connectivity index (χ2n) is 3.74.